The van der Waals surface area contributed by atoms with E-state index in [1.807, 2.05) is 0 Å². The van der Waals surface area contributed by atoms with Crippen molar-refractivity contribution >= 4 is 57.2 Å². The summed E-state index contributed by atoms with van der Waals surface area (Å²) < 4.78 is 42.0. The fraction of sp³-hybridized carbons (Fsp3) is 0.185. The van der Waals surface area contributed by atoms with Crippen molar-refractivity contribution in [1.82, 2.24) is 19.7 Å². The molecule has 1 aliphatic heterocycles. The Kier molecular flexibility index (Phi) is 7.82. The number of aromatic nitrogens is 3. The van der Waals surface area contributed by atoms with Crippen molar-refractivity contribution in [2.45, 2.75) is 25.6 Å². The summed E-state index contributed by atoms with van der Waals surface area (Å²) in [6.07, 6.45) is 0.566. The van der Waals surface area contributed by atoms with Crippen LogP contribution in [0.5, 0.6) is 0 Å². The minimum Gasteiger partial charge on any atom is -0.268 e. The molecule has 2 aromatic heterocycles. The first-order valence-corrected chi connectivity index (χ1v) is 13.3. The number of thioether (sulfide) groups is 1. The van der Waals surface area contributed by atoms with Gasteiger partial charge in [0.1, 0.15) is 6.20 Å². The van der Waals surface area contributed by atoms with Crippen LogP contribution in [0.25, 0.3) is 17.0 Å². The van der Waals surface area contributed by atoms with E-state index >= 15 is 0 Å². The van der Waals surface area contributed by atoms with Gasteiger partial charge in [0.25, 0.3) is 16.8 Å². The molecule has 0 N–H and O–H groups in total. The zero-order chi connectivity index (χ0) is 29.3. The van der Waals surface area contributed by atoms with Crippen molar-refractivity contribution < 1.29 is 27.7 Å². The van der Waals surface area contributed by atoms with Gasteiger partial charge in [-0.2, -0.15) is 18.3 Å². The molecule has 0 unspecified atom stereocenters. The predicted molar refractivity (Wildman–Crippen MR) is 147 cm³/mol. The number of pyridine rings is 1. The third-order valence-corrected chi connectivity index (χ3v) is 7.51. The van der Waals surface area contributed by atoms with Gasteiger partial charge in [0, 0.05) is 28.7 Å². The van der Waals surface area contributed by atoms with Crippen LogP contribution in [0.4, 0.5) is 23.7 Å². The van der Waals surface area contributed by atoms with E-state index in [-0.39, 0.29) is 34.3 Å². The first-order valence-electron chi connectivity index (χ1n) is 12.2. The maximum absolute atomic E-state index is 13.5. The highest BCUT2D eigenvalue weighted by Crippen LogP contribution is 2.35. The molecule has 210 valence electrons. The number of hydrogen-bond donors (Lipinski definition) is 0. The van der Waals surface area contributed by atoms with Gasteiger partial charge in [-0.25, -0.2) is 0 Å². The predicted octanol–water partition coefficient (Wildman–Crippen LogP) is 6.73. The molecular weight excluding hydrogens is 583 g/mol. The molecule has 14 heteroatoms. The molecule has 2 amide bonds. The van der Waals surface area contributed by atoms with Gasteiger partial charge < -0.3 is 0 Å². The summed E-state index contributed by atoms with van der Waals surface area (Å²) in [6.45, 7) is 0.0419. The second kappa shape index (κ2) is 11.3. The maximum Gasteiger partial charge on any atom is 0.416 e. The van der Waals surface area contributed by atoms with Crippen LogP contribution in [-0.2, 0) is 23.9 Å². The summed E-state index contributed by atoms with van der Waals surface area (Å²) >= 11 is 6.60. The van der Waals surface area contributed by atoms with Crippen LogP contribution in [0.15, 0.2) is 65.8 Å². The third-order valence-electron chi connectivity index (χ3n) is 6.37. The Bertz CT molecular complexity index is 1710. The van der Waals surface area contributed by atoms with Gasteiger partial charge in [0.2, 0.25) is 0 Å². The molecule has 9 nitrogen and oxygen atoms in total. The van der Waals surface area contributed by atoms with Crippen LogP contribution < -0.4 is 0 Å². The Hall–Kier alpha value is -4.23. The van der Waals surface area contributed by atoms with Gasteiger partial charge in [-0.3, -0.25) is 34.3 Å². The fourth-order valence-corrected chi connectivity index (χ4v) is 5.41. The van der Waals surface area contributed by atoms with E-state index in [1.54, 1.807) is 24.3 Å². The average molecular weight is 602 g/mol. The Morgan fingerprint density at radius 2 is 1.88 bits per heavy atom. The monoisotopic (exact) mass is 601 g/mol. The smallest absolute Gasteiger partial charge is 0.268 e. The minimum atomic E-state index is -4.57. The van der Waals surface area contributed by atoms with Gasteiger partial charge in [0.15, 0.2) is 0 Å². The summed E-state index contributed by atoms with van der Waals surface area (Å²) in [7, 11) is 0. The van der Waals surface area contributed by atoms with Crippen molar-refractivity contribution in [2.24, 2.45) is 0 Å². The molecule has 0 bridgehead atoms. The number of hydrogen-bond acceptors (Lipinski definition) is 7. The lowest BCUT2D eigenvalue weighted by molar-refractivity contribution is -0.385. The molecule has 0 saturated carbocycles. The van der Waals surface area contributed by atoms with E-state index in [4.69, 9.17) is 11.6 Å². The number of rotatable bonds is 8. The van der Waals surface area contributed by atoms with E-state index in [2.05, 4.69) is 10.1 Å². The van der Waals surface area contributed by atoms with Gasteiger partial charge in [-0.15, -0.1) is 0 Å². The first kappa shape index (κ1) is 28.3. The van der Waals surface area contributed by atoms with Crippen molar-refractivity contribution in [3.8, 4) is 0 Å². The molecule has 4 aromatic rings. The molecule has 5 rings (SSSR count). The third kappa shape index (κ3) is 6.25. The van der Waals surface area contributed by atoms with Gasteiger partial charge in [-0.1, -0.05) is 23.7 Å². The molecule has 1 saturated heterocycles. The zero-order valence-corrected chi connectivity index (χ0v) is 22.5. The standard InChI is InChI=1S/C27H19ClF3N5O4S/c28-19-5-4-17(22(12-19)27(29,30)31)15-35-23-8-3-16(10-18(23)13-33-35)11-24-25(37)34(26(38)41-24)9-1-2-20-6-7-21(14-32-20)36(39)40/h3-8,10-14H,1-2,9,15H2/b24-11-. The number of amides is 2. The summed E-state index contributed by atoms with van der Waals surface area (Å²) in [4.78, 5) is 41.0. The highest BCUT2D eigenvalue weighted by atomic mass is 35.5. The number of aryl methyl sites for hydroxylation is 1. The Labute approximate surface area is 239 Å². The zero-order valence-electron chi connectivity index (χ0n) is 21.0. The van der Waals surface area contributed by atoms with E-state index < -0.39 is 27.8 Å². The molecule has 2 aromatic carbocycles. The number of alkyl halides is 3. The minimum absolute atomic E-state index is 0.0121. The van der Waals surface area contributed by atoms with Crippen LogP contribution in [-0.4, -0.2) is 42.3 Å². The number of carbonyl (C=O) groups is 2. The molecular formula is C27H19ClF3N5O4S. The van der Waals surface area contributed by atoms with E-state index in [1.165, 1.54) is 35.1 Å². The summed E-state index contributed by atoms with van der Waals surface area (Å²) in [5.74, 6) is -0.435. The number of nitrogens with zero attached hydrogens (tertiary/aromatic N) is 5. The lowest BCUT2D eigenvalue weighted by Crippen LogP contribution is -2.29. The SMILES string of the molecule is O=C1S/C(=C\c2ccc3c(cnn3Cc3ccc(Cl)cc3C(F)(F)F)c2)C(=O)N1CCCc1ccc([N+](=O)[O-])cn1. The van der Waals surface area contributed by atoms with E-state index in [9.17, 15) is 32.9 Å². The van der Waals surface area contributed by atoms with Crippen molar-refractivity contribution in [3.63, 3.8) is 0 Å². The van der Waals surface area contributed by atoms with Gasteiger partial charge in [-0.05, 0) is 72.1 Å². The van der Waals surface area contributed by atoms with Crippen LogP contribution in [0.2, 0.25) is 5.02 Å². The lowest BCUT2D eigenvalue weighted by Gasteiger charge is -2.14. The second-order valence-electron chi connectivity index (χ2n) is 9.12. The highest BCUT2D eigenvalue weighted by Gasteiger charge is 2.35. The number of carbonyl (C=O) groups excluding carboxylic acids is 2. The van der Waals surface area contributed by atoms with Crippen molar-refractivity contribution in [3.05, 3.63) is 103 Å². The molecule has 1 fully saturated rings. The van der Waals surface area contributed by atoms with Crippen molar-refractivity contribution in [1.29, 1.82) is 0 Å². The molecule has 0 aliphatic carbocycles. The fourth-order valence-electron chi connectivity index (χ4n) is 4.37. The Morgan fingerprint density at radius 3 is 2.59 bits per heavy atom. The quantitative estimate of drug-likeness (QED) is 0.125. The molecule has 41 heavy (non-hydrogen) atoms. The summed E-state index contributed by atoms with van der Waals surface area (Å²) in [5.41, 5.74) is 0.905. The van der Waals surface area contributed by atoms with Crippen molar-refractivity contribution in [2.75, 3.05) is 6.54 Å². The normalized spacial score (nSPS) is 14.9. The average Bonchev–Trinajstić information content (AvgIpc) is 3.44. The number of fused-ring (bicyclic) bond motifs is 1. The van der Waals surface area contributed by atoms with Crippen LogP contribution in [0.1, 0.15) is 28.8 Å². The summed E-state index contributed by atoms with van der Waals surface area (Å²) in [6, 6.07) is 11.6. The number of imide groups is 1. The number of benzene rings is 2. The second-order valence-corrected chi connectivity index (χ2v) is 10.6. The van der Waals surface area contributed by atoms with Crippen LogP contribution >= 0.6 is 23.4 Å². The number of halogens is 4. The number of nitro groups is 1. The molecule has 0 radical (unpaired) electrons. The lowest BCUT2D eigenvalue weighted by atomic mass is 10.1. The van der Waals surface area contributed by atoms with Crippen LogP contribution in [0.3, 0.4) is 0 Å². The topological polar surface area (TPSA) is 111 Å². The van der Waals surface area contributed by atoms with E-state index in [0.29, 0.717) is 35.0 Å². The van der Waals surface area contributed by atoms with Gasteiger partial charge >= 0.3 is 6.18 Å². The molecule has 0 atom stereocenters. The van der Waals surface area contributed by atoms with Gasteiger partial charge in [0.05, 0.1) is 33.7 Å². The largest absolute Gasteiger partial charge is 0.416 e. The molecule has 0 spiro atoms. The van der Waals surface area contributed by atoms with Crippen LogP contribution in [0, 0.1) is 10.1 Å². The highest BCUT2D eigenvalue weighted by molar-refractivity contribution is 8.18. The Balaban J connectivity index is 1.27. The molecule has 3 heterocycles. The van der Waals surface area contributed by atoms with E-state index in [0.717, 1.165) is 28.9 Å². The molecule has 1 aliphatic rings. The first-order chi connectivity index (χ1) is 19.5. The summed E-state index contributed by atoms with van der Waals surface area (Å²) in [5, 5.41) is 15.2. The Morgan fingerprint density at radius 1 is 1.07 bits per heavy atom. The maximum atomic E-state index is 13.5.